The van der Waals surface area contributed by atoms with Crippen molar-refractivity contribution < 1.29 is 9.90 Å². The molecule has 2 heterocycles. The Labute approximate surface area is 186 Å². The fourth-order valence-corrected chi connectivity index (χ4v) is 3.34. The molecule has 0 saturated carbocycles. The van der Waals surface area contributed by atoms with Crippen LogP contribution in [-0.4, -0.2) is 32.3 Å². The monoisotopic (exact) mass is 424 g/mol. The summed E-state index contributed by atoms with van der Waals surface area (Å²) in [4.78, 5) is 16.5. The van der Waals surface area contributed by atoms with Gasteiger partial charge in [0.15, 0.2) is 0 Å². The fraction of sp³-hybridized carbons (Fsp3) is 0.115. The average molecular weight is 425 g/mol. The number of benzene rings is 2. The van der Waals surface area contributed by atoms with Crippen molar-refractivity contribution in [1.29, 1.82) is 0 Å². The van der Waals surface area contributed by atoms with Crippen LogP contribution < -0.4 is 5.32 Å². The zero-order valence-electron chi connectivity index (χ0n) is 17.6. The lowest BCUT2D eigenvalue weighted by Crippen LogP contribution is -2.22. The van der Waals surface area contributed by atoms with Crippen molar-refractivity contribution in [2.45, 2.75) is 12.8 Å². The van der Waals surface area contributed by atoms with E-state index in [1.165, 1.54) is 6.08 Å². The van der Waals surface area contributed by atoms with Crippen LogP contribution in [0.1, 0.15) is 17.5 Å². The largest absolute Gasteiger partial charge is 0.508 e. The number of rotatable bonds is 8. The zero-order valence-corrected chi connectivity index (χ0v) is 17.6. The molecule has 0 aliphatic carbocycles. The lowest BCUT2D eigenvalue weighted by Gasteiger charge is -2.03. The van der Waals surface area contributed by atoms with Crippen LogP contribution in [0.5, 0.6) is 5.75 Å². The molecule has 6 nitrogen and oxygen atoms in total. The van der Waals surface area contributed by atoms with E-state index in [2.05, 4.69) is 10.3 Å². The summed E-state index contributed by atoms with van der Waals surface area (Å²) < 4.78 is 1.80. The average Bonchev–Trinajstić information content (AvgIpc) is 3.27. The molecule has 0 atom stereocenters. The Kier molecular flexibility index (Phi) is 6.72. The highest BCUT2D eigenvalue weighted by Gasteiger charge is 2.11. The molecule has 0 unspecified atom stereocenters. The summed E-state index contributed by atoms with van der Waals surface area (Å²) in [6, 6.07) is 20.8. The minimum atomic E-state index is -0.152. The lowest BCUT2D eigenvalue weighted by atomic mass is 10.1. The molecule has 2 aromatic heterocycles. The highest BCUT2D eigenvalue weighted by molar-refractivity contribution is 5.92. The van der Waals surface area contributed by atoms with Crippen molar-refractivity contribution in [3.05, 3.63) is 103 Å². The summed E-state index contributed by atoms with van der Waals surface area (Å²) in [6.45, 7) is 0.572. The normalized spacial score (nSPS) is 11.0. The van der Waals surface area contributed by atoms with Crippen molar-refractivity contribution in [3.8, 4) is 22.7 Å². The predicted octanol–water partition coefficient (Wildman–Crippen LogP) is 4.40. The van der Waals surface area contributed by atoms with Gasteiger partial charge >= 0.3 is 0 Å². The number of carbonyl (C=O) groups is 1. The zero-order chi connectivity index (χ0) is 22.2. The highest BCUT2D eigenvalue weighted by Crippen LogP contribution is 2.24. The van der Waals surface area contributed by atoms with E-state index >= 15 is 0 Å². The molecule has 32 heavy (non-hydrogen) atoms. The number of phenols is 1. The number of nitrogens with one attached hydrogen (secondary N) is 1. The Morgan fingerprint density at radius 3 is 2.59 bits per heavy atom. The molecule has 1 amide bonds. The lowest BCUT2D eigenvalue weighted by molar-refractivity contribution is -0.116. The molecule has 2 aromatic carbocycles. The molecule has 0 saturated heterocycles. The van der Waals surface area contributed by atoms with E-state index in [0.717, 1.165) is 40.9 Å². The first kappa shape index (κ1) is 21.1. The van der Waals surface area contributed by atoms with E-state index in [4.69, 9.17) is 5.10 Å². The topological polar surface area (TPSA) is 80.0 Å². The standard InChI is InChI=1S/C26H24N4O2/c31-24-13-10-20(11-14-24)6-4-17-28-25(32)15-12-22-19-30(23-8-2-1-3-9-23)29-26(22)21-7-5-16-27-18-21/h1-3,5,7-16,18-19,31H,4,6,17H2,(H,28,32). The van der Waals surface area contributed by atoms with Crippen LogP contribution in [0.2, 0.25) is 0 Å². The number of aromatic nitrogens is 3. The molecular formula is C26H24N4O2. The molecule has 0 spiro atoms. The van der Waals surface area contributed by atoms with Crippen LogP contribution in [0.25, 0.3) is 23.0 Å². The molecule has 4 aromatic rings. The molecule has 6 heteroatoms. The highest BCUT2D eigenvalue weighted by atomic mass is 16.3. The molecular weight excluding hydrogens is 400 g/mol. The first-order valence-corrected chi connectivity index (χ1v) is 10.5. The molecule has 0 fully saturated rings. The Balaban J connectivity index is 1.42. The summed E-state index contributed by atoms with van der Waals surface area (Å²) >= 11 is 0. The Hall–Kier alpha value is -4.19. The number of phenolic OH excluding ortho intramolecular Hbond substituents is 1. The summed E-state index contributed by atoms with van der Waals surface area (Å²) in [5, 5.41) is 17.0. The van der Waals surface area contributed by atoms with Gasteiger partial charge in [0, 0.05) is 42.3 Å². The maximum atomic E-state index is 12.3. The van der Waals surface area contributed by atoms with Crippen LogP contribution in [0, 0.1) is 0 Å². The smallest absolute Gasteiger partial charge is 0.244 e. The number of nitrogens with zero attached hydrogens (tertiary/aromatic N) is 3. The van der Waals surface area contributed by atoms with Gasteiger partial charge in [-0.1, -0.05) is 30.3 Å². The van der Waals surface area contributed by atoms with E-state index in [-0.39, 0.29) is 11.7 Å². The second kappa shape index (κ2) is 10.2. The van der Waals surface area contributed by atoms with E-state index in [1.54, 1.807) is 35.3 Å². The van der Waals surface area contributed by atoms with Crippen molar-refractivity contribution in [1.82, 2.24) is 20.1 Å². The van der Waals surface area contributed by atoms with Gasteiger partial charge in [0.05, 0.1) is 5.69 Å². The Morgan fingerprint density at radius 1 is 1.03 bits per heavy atom. The predicted molar refractivity (Wildman–Crippen MR) is 125 cm³/mol. The summed E-state index contributed by atoms with van der Waals surface area (Å²) in [5.74, 6) is 0.105. The number of hydrogen-bond acceptors (Lipinski definition) is 4. The van der Waals surface area contributed by atoms with Gasteiger partial charge in [0.2, 0.25) is 5.91 Å². The SMILES string of the molecule is O=C(C=Cc1cn(-c2ccccc2)nc1-c1cccnc1)NCCCc1ccc(O)cc1. The van der Waals surface area contributed by atoms with Crippen LogP contribution in [0.3, 0.4) is 0 Å². The third-order valence-corrected chi connectivity index (χ3v) is 4.99. The maximum Gasteiger partial charge on any atom is 0.244 e. The van der Waals surface area contributed by atoms with E-state index < -0.39 is 0 Å². The molecule has 0 aliphatic rings. The first-order valence-electron chi connectivity index (χ1n) is 10.5. The quantitative estimate of drug-likeness (QED) is 0.325. The molecule has 2 N–H and O–H groups in total. The molecule has 160 valence electrons. The van der Waals surface area contributed by atoms with Crippen LogP contribution >= 0.6 is 0 Å². The Morgan fingerprint density at radius 2 is 1.84 bits per heavy atom. The second-order valence-corrected chi connectivity index (χ2v) is 7.35. The minimum absolute atomic E-state index is 0.152. The fourth-order valence-electron chi connectivity index (χ4n) is 3.34. The summed E-state index contributed by atoms with van der Waals surface area (Å²) in [5.41, 5.74) is 4.55. The van der Waals surface area contributed by atoms with E-state index in [1.807, 2.05) is 60.8 Å². The van der Waals surface area contributed by atoms with Crippen molar-refractivity contribution in [2.24, 2.45) is 0 Å². The number of para-hydroxylation sites is 1. The van der Waals surface area contributed by atoms with Gasteiger partial charge in [-0.15, -0.1) is 0 Å². The van der Waals surface area contributed by atoms with Gasteiger partial charge in [0.1, 0.15) is 11.4 Å². The van der Waals surface area contributed by atoms with Gasteiger partial charge in [-0.2, -0.15) is 5.10 Å². The second-order valence-electron chi connectivity index (χ2n) is 7.35. The van der Waals surface area contributed by atoms with Crippen LogP contribution in [-0.2, 0) is 11.2 Å². The molecule has 0 bridgehead atoms. The first-order chi connectivity index (χ1) is 15.7. The number of carbonyl (C=O) groups excluding carboxylic acids is 1. The van der Waals surface area contributed by atoms with Gasteiger partial charge in [-0.05, 0) is 60.9 Å². The summed E-state index contributed by atoms with van der Waals surface area (Å²) in [7, 11) is 0. The summed E-state index contributed by atoms with van der Waals surface area (Å²) in [6.07, 6.45) is 10.4. The third kappa shape index (κ3) is 5.49. The molecule has 0 radical (unpaired) electrons. The number of hydrogen-bond donors (Lipinski definition) is 2. The van der Waals surface area contributed by atoms with E-state index in [9.17, 15) is 9.90 Å². The number of aromatic hydroxyl groups is 1. The maximum absolute atomic E-state index is 12.3. The van der Waals surface area contributed by atoms with Gasteiger partial charge in [0.25, 0.3) is 0 Å². The van der Waals surface area contributed by atoms with Crippen molar-refractivity contribution >= 4 is 12.0 Å². The number of aryl methyl sites for hydroxylation is 1. The van der Waals surface area contributed by atoms with Crippen LogP contribution in [0.15, 0.2) is 91.4 Å². The van der Waals surface area contributed by atoms with E-state index in [0.29, 0.717) is 6.54 Å². The number of amides is 1. The third-order valence-electron chi connectivity index (χ3n) is 4.99. The number of pyridine rings is 1. The van der Waals surface area contributed by atoms with Crippen molar-refractivity contribution in [2.75, 3.05) is 6.54 Å². The minimum Gasteiger partial charge on any atom is -0.508 e. The molecule has 0 aliphatic heterocycles. The van der Waals surface area contributed by atoms with Crippen LogP contribution in [0.4, 0.5) is 0 Å². The molecule has 4 rings (SSSR count). The van der Waals surface area contributed by atoms with Gasteiger partial charge in [-0.25, -0.2) is 4.68 Å². The van der Waals surface area contributed by atoms with Gasteiger partial charge < -0.3 is 10.4 Å². The Bertz CT molecular complexity index is 1180. The van der Waals surface area contributed by atoms with Crippen molar-refractivity contribution in [3.63, 3.8) is 0 Å². The van der Waals surface area contributed by atoms with Gasteiger partial charge in [-0.3, -0.25) is 9.78 Å².